The summed E-state index contributed by atoms with van der Waals surface area (Å²) in [5, 5.41) is 0. The van der Waals surface area contributed by atoms with E-state index in [1.165, 1.54) is 64.2 Å². The predicted octanol–water partition coefficient (Wildman–Crippen LogP) is 5.53. The van der Waals surface area contributed by atoms with Gasteiger partial charge in [0.1, 0.15) is 0 Å². The molecule has 0 spiro atoms. The topological polar surface area (TPSA) is 54.4 Å². The molecule has 0 rings (SSSR count). The van der Waals surface area contributed by atoms with Gasteiger partial charge in [0.05, 0.1) is 32.9 Å². The monoisotopic (exact) mass is 392 g/mol. The number of unbranched alkanes of at least 4 members (excludes halogenated alkanes) is 4. The lowest BCUT2D eigenvalue weighted by Gasteiger charge is -2.29. The summed E-state index contributed by atoms with van der Waals surface area (Å²) < 4.78 is 31.3. The number of quaternary nitrogens is 1. The first-order valence-corrected chi connectivity index (χ1v) is 12.5. The van der Waals surface area contributed by atoms with E-state index >= 15 is 0 Å². The van der Waals surface area contributed by atoms with E-state index < -0.39 is 10.1 Å². The highest BCUT2D eigenvalue weighted by Crippen LogP contribution is 2.25. The van der Waals surface area contributed by atoms with Crippen molar-refractivity contribution in [1.29, 1.82) is 0 Å². The quantitative estimate of drug-likeness (QED) is 0.201. The maximum atomic E-state index is 10.8. The second-order valence-electron chi connectivity index (χ2n) is 8.98. The van der Waals surface area contributed by atoms with E-state index in [2.05, 4.69) is 34.9 Å². The Balaban J connectivity index is 3.86. The maximum absolute atomic E-state index is 10.8. The minimum atomic E-state index is -3.82. The van der Waals surface area contributed by atoms with Crippen LogP contribution in [0.25, 0.3) is 0 Å². The first-order chi connectivity index (χ1) is 12.1. The molecular weight excluding hydrogens is 346 g/mol. The highest BCUT2D eigenvalue weighted by atomic mass is 32.2. The zero-order valence-electron chi connectivity index (χ0n) is 18.2. The molecule has 1 N–H and O–H groups in total. The van der Waals surface area contributed by atoms with Gasteiger partial charge in [-0.2, -0.15) is 8.42 Å². The third-order valence-corrected chi connectivity index (χ3v) is 6.46. The molecule has 0 amide bonds. The van der Waals surface area contributed by atoms with Crippen molar-refractivity contribution >= 4 is 10.1 Å². The molecule has 0 aromatic carbocycles. The summed E-state index contributed by atoms with van der Waals surface area (Å²) in [7, 11) is 0.483. The van der Waals surface area contributed by atoms with Gasteiger partial charge in [-0.05, 0) is 31.1 Å². The smallest absolute Gasteiger partial charge is 0.265 e. The molecule has 0 bridgehead atoms. The molecule has 2 unspecified atom stereocenters. The molecule has 0 aromatic rings. The van der Waals surface area contributed by atoms with Crippen LogP contribution in [-0.2, 0) is 10.1 Å². The van der Waals surface area contributed by atoms with Crippen molar-refractivity contribution in [2.45, 2.75) is 91.4 Å². The van der Waals surface area contributed by atoms with E-state index in [0.717, 1.165) is 29.4 Å². The first-order valence-electron chi connectivity index (χ1n) is 10.9. The summed E-state index contributed by atoms with van der Waals surface area (Å²) in [5.41, 5.74) is 0. The van der Waals surface area contributed by atoms with Gasteiger partial charge in [0, 0.05) is 6.42 Å². The van der Waals surface area contributed by atoms with Gasteiger partial charge in [0.2, 0.25) is 0 Å². The van der Waals surface area contributed by atoms with E-state index in [9.17, 15) is 8.42 Å². The van der Waals surface area contributed by atoms with Crippen LogP contribution in [-0.4, -0.2) is 50.4 Å². The molecule has 0 aliphatic heterocycles. The summed E-state index contributed by atoms with van der Waals surface area (Å²) >= 11 is 0. The number of hydrogen-bond acceptors (Lipinski definition) is 2. The Hall–Kier alpha value is -0.130. The minimum Gasteiger partial charge on any atom is -0.328 e. The van der Waals surface area contributed by atoms with Crippen molar-refractivity contribution in [2.75, 3.05) is 32.9 Å². The second kappa shape index (κ2) is 14.0. The van der Waals surface area contributed by atoms with Crippen LogP contribution in [0.4, 0.5) is 0 Å². The molecule has 26 heavy (non-hydrogen) atoms. The van der Waals surface area contributed by atoms with Gasteiger partial charge < -0.3 is 4.48 Å². The van der Waals surface area contributed by atoms with Crippen LogP contribution in [0.5, 0.6) is 0 Å². The Labute approximate surface area is 164 Å². The van der Waals surface area contributed by atoms with Crippen molar-refractivity contribution in [3.05, 3.63) is 0 Å². The summed E-state index contributed by atoms with van der Waals surface area (Å²) in [4.78, 5) is 0. The van der Waals surface area contributed by atoms with Crippen LogP contribution >= 0.6 is 0 Å². The minimum absolute atomic E-state index is 0.122. The number of hydrogen-bond donors (Lipinski definition) is 1. The van der Waals surface area contributed by atoms with E-state index in [-0.39, 0.29) is 5.75 Å². The van der Waals surface area contributed by atoms with E-state index in [0.29, 0.717) is 6.42 Å². The fourth-order valence-corrected chi connectivity index (χ4v) is 4.35. The molecule has 0 aliphatic rings. The Morgan fingerprint density at radius 3 is 2.08 bits per heavy atom. The highest BCUT2D eigenvalue weighted by molar-refractivity contribution is 7.85. The van der Waals surface area contributed by atoms with Gasteiger partial charge in [-0.3, -0.25) is 4.55 Å². The van der Waals surface area contributed by atoms with E-state index in [1.807, 2.05) is 0 Å². The maximum Gasteiger partial charge on any atom is 0.265 e. The average molecular weight is 393 g/mol. The van der Waals surface area contributed by atoms with Gasteiger partial charge in [0.25, 0.3) is 10.1 Å². The van der Waals surface area contributed by atoms with E-state index in [1.54, 1.807) is 0 Å². The number of rotatable bonds is 17. The molecule has 158 valence electrons. The third kappa shape index (κ3) is 16.1. The molecule has 0 radical (unpaired) electrons. The molecular formula is C21H46NO3S+. The molecule has 4 nitrogen and oxygen atoms in total. The Bertz CT molecular complexity index is 435. The van der Waals surface area contributed by atoms with Gasteiger partial charge in [-0.25, -0.2) is 0 Å². The fraction of sp³-hybridized carbons (Fsp3) is 1.00. The largest absolute Gasteiger partial charge is 0.328 e. The zero-order valence-corrected chi connectivity index (χ0v) is 19.0. The zero-order chi connectivity index (χ0) is 20.1. The summed E-state index contributed by atoms with van der Waals surface area (Å²) in [6.45, 7) is 8.90. The van der Waals surface area contributed by atoms with Crippen LogP contribution in [0.15, 0.2) is 0 Å². The molecule has 0 fully saturated rings. The fourth-order valence-electron chi connectivity index (χ4n) is 3.85. The van der Waals surface area contributed by atoms with Crippen molar-refractivity contribution < 1.29 is 17.5 Å². The average Bonchev–Trinajstić information content (AvgIpc) is 2.52. The molecule has 0 aromatic heterocycles. The Kier molecular flexibility index (Phi) is 13.9. The second-order valence-corrected chi connectivity index (χ2v) is 10.6. The molecule has 2 atom stereocenters. The van der Waals surface area contributed by atoms with Crippen LogP contribution in [0, 0.1) is 11.8 Å². The van der Waals surface area contributed by atoms with Crippen LogP contribution in [0.2, 0.25) is 0 Å². The molecule has 5 heteroatoms. The van der Waals surface area contributed by atoms with Crippen molar-refractivity contribution in [1.82, 2.24) is 0 Å². The number of nitrogens with zero attached hydrogens (tertiary/aromatic N) is 1. The van der Waals surface area contributed by atoms with Gasteiger partial charge >= 0.3 is 0 Å². The normalized spacial score (nSPS) is 15.2. The standard InChI is InChI=1S/C21H45NO3S/c1-6-8-10-14-20(3)19-21(7-2)15-11-9-12-16-22(4,5)17-13-18-26(23,24)25/h20-21H,6-19H2,1-5H3/p+1. The van der Waals surface area contributed by atoms with Crippen LogP contribution in [0.1, 0.15) is 91.4 Å². The van der Waals surface area contributed by atoms with E-state index in [4.69, 9.17) is 4.55 Å². The summed E-state index contributed by atoms with van der Waals surface area (Å²) in [6.07, 6.45) is 13.8. The van der Waals surface area contributed by atoms with Crippen molar-refractivity contribution in [2.24, 2.45) is 11.8 Å². The Morgan fingerprint density at radius 2 is 1.50 bits per heavy atom. The lowest BCUT2D eigenvalue weighted by atomic mass is 9.87. The van der Waals surface area contributed by atoms with Crippen molar-refractivity contribution in [3.63, 3.8) is 0 Å². The SMILES string of the molecule is CCCCCC(C)CC(CC)CCCCC[N+](C)(C)CCCS(=O)(=O)O. The molecule has 0 heterocycles. The summed E-state index contributed by atoms with van der Waals surface area (Å²) in [5.74, 6) is 1.62. The first kappa shape index (κ1) is 25.9. The predicted molar refractivity (Wildman–Crippen MR) is 113 cm³/mol. The summed E-state index contributed by atoms with van der Waals surface area (Å²) in [6, 6.07) is 0. The van der Waals surface area contributed by atoms with Gasteiger partial charge in [-0.15, -0.1) is 0 Å². The highest BCUT2D eigenvalue weighted by Gasteiger charge is 2.16. The lowest BCUT2D eigenvalue weighted by molar-refractivity contribution is -0.890. The molecule has 0 saturated heterocycles. The Morgan fingerprint density at radius 1 is 0.885 bits per heavy atom. The molecule has 0 aliphatic carbocycles. The van der Waals surface area contributed by atoms with Crippen LogP contribution in [0.3, 0.4) is 0 Å². The third-order valence-electron chi connectivity index (χ3n) is 5.66. The van der Waals surface area contributed by atoms with Gasteiger partial charge in [0.15, 0.2) is 0 Å². The van der Waals surface area contributed by atoms with Crippen molar-refractivity contribution in [3.8, 4) is 0 Å². The van der Waals surface area contributed by atoms with Gasteiger partial charge in [-0.1, -0.05) is 65.7 Å². The lowest BCUT2D eigenvalue weighted by Crippen LogP contribution is -2.41. The van der Waals surface area contributed by atoms with Crippen LogP contribution < -0.4 is 0 Å². The molecule has 0 saturated carbocycles.